The fourth-order valence-corrected chi connectivity index (χ4v) is 2.23. The number of carbonyl (C=O) groups excluding carboxylic acids is 2. The van der Waals surface area contributed by atoms with Gasteiger partial charge in [-0.05, 0) is 36.8 Å². The molecular formula is C17H16O7S. The molecule has 0 heterocycles. The van der Waals surface area contributed by atoms with Crippen molar-refractivity contribution in [2.24, 2.45) is 0 Å². The molecule has 0 aliphatic carbocycles. The van der Waals surface area contributed by atoms with Gasteiger partial charge in [-0.1, -0.05) is 24.3 Å². The number of rotatable bonds is 6. The van der Waals surface area contributed by atoms with Gasteiger partial charge in [-0.3, -0.25) is 4.55 Å². The first kappa shape index (κ1) is 18.6. The zero-order chi connectivity index (χ0) is 18.4. The minimum atomic E-state index is -4.24. The number of carbonyl (C=O) groups is 2. The number of esters is 2. The molecule has 132 valence electrons. The molecule has 0 atom stereocenters. The number of benzene rings is 2. The lowest BCUT2D eigenvalue weighted by Gasteiger charge is -2.11. The Balaban J connectivity index is 2.16. The molecule has 0 saturated heterocycles. The van der Waals surface area contributed by atoms with Crippen LogP contribution in [0.1, 0.15) is 26.3 Å². The molecule has 0 spiro atoms. The highest BCUT2D eigenvalue weighted by Crippen LogP contribution is 2.22. The molecule has 0 aliphatic rings. The van der Waals surface area contributed by atoms with E-state index in [1.807, 2.05) is 0 Å². The Hall–Kier alpha value is -2.71. The number of hydrogen-bond donors (Lipinski definition) is 1. The summed E-state index contributed by atoms with van der Waals surface area (Å²) in [4.78, 5) is 24.2. The number of aryl methyl sites for hydroxylation is 1. The Morgan fingerprint density at radius 2 is 1.72 bits per heavy atom. The molecule has 1 N–H and O–H groups in total. The van der Waals surface area contributed by atoms with Crippen molar-refractivity contribution >= 4 is 22.1 Å². The third-order valence-corrected chi connectivity index (χ3v) is 3.83. The lowest BCUT2D eigenvalue weighted by molar-refractivity contribution is 0.0522. The summed E-state index contributed by atoms with van der Waals surface area (Å²) >= 11 is 0. The maximum Gasteiger partial charge on any atom is 0.343 e. The highest BCUT2D eigenvalue weighted by molar-refractivity contribution is 7.85. The van der Waals surface area contributed by atoms with Crippen LogP contribution in [0.3, 0.4) is 0 Å². The summed E-state index contributed by atoms with van der Waals surface area (Å²) in [5.74, 6) is -2.22. The van der Waals surface area contributed by atoms with Gasteiger partial charge in [0.05, 0.1) is 5.56 Å². The van der Waals surface area contributed by atoms with Crippen molar-refractivity contribution in [2.45, 2.75) is 6.92 Å². The predicted octanol–water partition coefficient (Wildman–Crippen LogP) is 2.26. The average Bonchev–Trinajstić information content (AvgIpc) is 2.54. The largest absolute Gasteiger partial charge is 0.461 e. The quantitative estimate of drug-likeness (QED) is 0.476. The monoisotopic (exact) mass is 364 g/mol. The second-order valence-electron chi connectivity index (χ2n) is 5.18. The van der Waals surface area contributed by atoms with Crippen LogP contribution in [0.25, 0.3) is 0 Å². The Morgan fingerprint density at radius 3 is 2.36 bits per heavy atom. The van der Waals surface area contributed by atoms with Crippen LogP contribution in [0, 0.1) is 6.92 Å². The highest BCUT2D eigenvalue weighted by Gasteiger charge is 2.18. The van der Waals surface area contributed by atoms with Crippen LogP contribution < -0.4 is 4.74 Å². The SMILES string of the molecule is Cc1ccc(C(=O)OCCS(=O)(=O)O)c(OC(=O)c2ccccc2)c1. The van der Waals surface area contributed by atoms with E-state index in [4.69, 9.17) is 14.0 Å². The van der Waals surface area contributed by atoms with E-state index in [0.717, 1.165) is 5.56 Å². The van der Waals surface area contributed by atoms with Crippen molar-refractivity contribution in [2.75, 3.05) is 12.4 Å². The summed E-state index contributed by atoms with van der Waals surface area (Å²) < 4.78 is 40.0. The fourth-order valence-electron chi connectivity index (χ4n) is 1.93. The fraction of sp³-hybridized carbons (Fsp3) is 0.176. The molecule has 0 bridgehead atoms. The first-order valence-electron chi connectivity index (χ1n) is 7.26. The van der Waals surface area contributed by atoms with Crippen molar-refractivity contribution in [3.63, 3.8) is 0 Å². The molecule has 2 rings (SSSR count). The van der Waals surface area contributed by atoms with Gasteiger partial charge in [0.25, 0.3) is 10.1 Å². The highest BCUT2D eigenvalue weighted by atomic mass is 32.2. The van der Waals surface area contributed by atoms with E-state index in [9.17, 15) is 18.0 Å². The maximum atomic E-state index is 12.2. The summed E-state index contributed by atoms with van der Waals surface area (Å²) in [6.07, 6.45) is 0. The van der Waals surface area contributed by atoms with Gasteiger partial charge in [-0.25, -0.2) is 9.59 Å². The van der Waals surface area contributed by atoms with E-state index in [2.05, 4.69) is 0 Å². The molecule has 25 heavy (non-hydrogen) atoms. The normalized spacial score (nSPS) is 11.0. The molecule has 0 amide bonds. The van der Waals surface area contributed by atoms with Crippen LogP contribution >= 0.6 is 0 Å². The van der Waals surface area contributed by atoms with Crippen molar-refractivity contribution in [1.82, 2.24) is 0 Å². The van der Waals surface area contributed by atoms with Gasteiger partial charge in [0.2, 0.25) is 0 Å². The van der Waals surface area contributed by atoms with E-state index < -0.39 is 34.4 Å². The van der Waals surface area contributed by atoms with Gasteiger partial charge < -0.3 is 9.47 Å². The second kappa shape index (κ2) is 7.91. The van der Waals surface area contributed by atoms with Crippen molar-refractivity contribution < 1.29 is 32.0 Å². The standard InChI is InChI=1S/C17H16O7S/c1-12-7-8-14(17(19)23-9-10-25(20,21)22)15(11-12)24-16(18)13-5-3-2-4-6-13/h2-8,11H,9-10H2,1H3,(H,20,21,22). The van der Waals surface area contributed by atoms with Gasteiger partial charge >= 0.3 is 11.9 Å². The molecule has 2 aromatic carbocycles. The van der Waals surface area contributed by atoms with Gasteiger partial charge in [-0.15, -0.1) is 0 Å². The van der Waals surface area contributed by atoms with Crippen LogP contribution in [0.15, 0.2) is 48.5 Å². The van der Waals surface area contributed by atoms with Crippen LogP contribution in [-0.2, 0) is 14.9 Å². The summed E-state index contributed by atoms with van der Waals surface area (Å²) in [6, 6.07) is 12.8. The van der Waals surface area contributed by atoms with Gasteiger partial charge in [0.15, 0.2) is 0 Å². The smallest absolute Gasteiger partial charge is 0.343 e. The van der Waals surface area contributed by atoms with E-state index in [0.29, 0.717) is 5.56 Å². The van der Waals surface area contributed by atoms with Gasteiger partial charge in [0, 0.05) is 0 Å². The molecule has 0 fully saturated rings. The molecule has 0 saturated carbocycles. The van der Waals surface area contributed by atoms with E-state index in [-0.39, 0.29) is 11.3 Å². The minimum absolute atomic E-state index is 0.00529. The van der Waals surface area contributed by atoms with Gasteiger partial charge in [0.1, 0.15) is 23.7 Å². The minimum Gasteiger partial charge on any atom is -0.461 e. The predicted molar refractivity (Wildman–Crippen MR) is 89.3 cm³/mol. The molecule has 2 aromatic rings. The van der Waals surface area contributed by atoms with Crippen LogP contribution in [0.2, 0.25) is 0 Å². The molecule has 7 nitrogen and oxygen atoms in total. The molecule has 8 heteroatoms. The molecular weight excluding hydrogens is 348 g/mol. The van der Waals surface area contributed by atoms with Crippen LogP contribution in [-0.4, -0.2) is 37.3 Å². The summed E-state index contributed by atoms with van der Waals surface area (Å²) in [5, 5.41) is 0. The van der Waals surface area contributed by atoms with Crippen LogP contribution in [0.5, 0.6) is 5.75 Å². The zero-order valence-corrected chi connectivity index (χ0v) is 14.2. The Labute approximate surface area is 144 Å². The van der Waals surface area contributed by atoms with Crippen molar-refractivity contribution in [1.29, 1.82) is 0 Å². The summed E-state index contributed by atoms with van der Waals surface area (Å²) in [5.41, 5.74) is 1.05. The number of ether oxygens (including phenoxy) is 2. The topological polar surface area (TPSA) is 107 Å². The maximum absolute atomic E-state index is 12.2. The Bertz CT molecular complexity index is 873. The lowest BCUT2D eigenvalue weighted by Crippen LogP contribution is -2.16. The molecule has 0 aromatic heterocycles. The molecule has 0 unspecified atom stereocenters. The van der Waals surface area contributed by atoms with E-state index in [1.165, 1.54) is 12.1 Å². The average molecular weight is 364 g/mol. The lowest BCUT2D eigenvalue weighted by atomic mass is 10.1. The first-order chi connectivity index (χ1) is 11.8. The molecule has 0 radical (unpaired) electrons. The first-order valence-corrected chi connectivity index (χ1v) is 8.87. The molecule has 0 aliphatic heterocycles. The third-order valence-electron chi connectivity index (χ3n) is 3.14. The van der Waals surface area contributed by atoms with Crippen molar-refractivity contribution in [3.8, 4) is 5.75 Å². The Morgan fingerprint density at radius 1 is 1.04 bits per heavy atom. The van der Waals surface area contributed by atoms with E-state index in [1.54, 1.807) is 43.3 Å². The Kier molecular flexibility index (Phi) is 5.89. The third kappa shape index (κ3) is 5.70. The van der Waals surface area contributed by atoms with Crippen LogP contribution in [0.4, 0.5) is 0 Å². The second-order valence-corrected chi connectivity index (χ2v) is 6.75. The zero-order valence-electron chi connectivity index (χ0n) is 13.3. The summed E-state index contributed by atoms with van der Waals surface area (Å²) in [6.45, 7) is 1.24. The van der Waals surface area contributed by atoms with Gasteiger partial charge in [-0.2, -0.15) is 8.42 Å². The number of hydrogen-bond acceptors (Lipinski definition) is 6. The van der Waals surface area contributed by atoms with Crippen molar-refractivity contribution in [3.05, 3.63) is 65.2 Å². The van der Waals surface area contributed by atoms with E-state index >= 15 is 0 Å². The summed E-state index contributed by atoms with van der Waals surface area (Å²) in [7, 11) is -4.24.